The second kappa shape index (κ2) is 13.0. The van der Waals surface area contributed by atoms with Crippen molar-refractivity contribution in [3.05, 3.63) is 111 Å². The largest absolute Gasteiger partial charge is 0.496 e. The van der Waals surface area contributed by atoms with E-state index in [1.165, 1.54) is 47.1 Å². The predicted molar refractivity (Wildman–Crippen MR) is 168 cm³/mol. The lowest BCUT2D eigenvalue weighted by Gasteiger charge is -2.32. The summed E-state index contributed by atoms with van der Waals surface area (Å²) < 4.78 is 19.9. The van der Waals surface area contributed by atoms with Crippen LogP contribution in [0, 0.1) is 17.7 Å². The van der Waals surface area contributed by atoms with E-state index in [4.69, 9.17) is 4.74 Å². The van der Waals surface area contributed by atoms with E-state index in [1.54, 1.807) is 17.6 Å². The zero-order chi connectivity index (χ0) is 30.6. The van der Waals surface area contributed by atoms with Gasteiger partial charge in [-0.15, -0.1) is 11.3 Å². The molecule has 0 unspecified atom stereocenters. The third kappa shape index (κ3) is 6.50. The van der Waals surface area contributed by atoms with E-state index < -0.39 is 17.8 Å². The predicted octanol–water partition coefficient (Wildman–Crippen LogP) is 4.77. The number of piperazine rings is 1. The maximum absolute atomic E-state index is 14.4. The highest BCUT2D eigenvalue weighted by atomic mass is 32.1. The van der Waals surface area contributed by atoms with Crippen molar-refractivity contribution in [2.24, 2.45) is 0 Å². The van der Waals surface area contributed by atoms with Crippen molar-refractivity contribution in [1.29, 1.82) is 0 Å². The topological polar surface area (TPSA) is 78.0 Å². The number of hydrogen-bond acceptors (Lipinski definition) is 7. The quantitative estimate of drug-likeness (QED) is 0.304. The second-order valence-electron chi connectivity index (χ2n) is 10.9. The first-order valence-electron chi connectivity index (χ1n) is 14.4. The lowest BCUT2D eigenvalue weighted by molar-refractivity contribution is -0.120. The number of amides is 2. The van der Waals surface area contributed by atoms with Crippen molar-refractivity contribution in [2.75, 3.05) is 45.7 Å². The Labute approximate surface area is 260 Å². The fraction of sp³-hybridized carbons (Fsp3) is 0.265. The molecule has 4 aromatic rings. The van der Waals surface area contributed by atoms with Gasteiger partial charge < -0.3 is 14.5 Å². The maximum Gasteiger partial charge on any atom is 0.255 e. The fourth-order valence-corrected chi connectivity index (χ4v) is 6.07. The van der Waals surface area contributed by atoms with Gasteiger partial charge in [0.2, 0.25) is 0 Å². The fourth-order valence-electron chi connectivity index (χ4n) is 5.54. The smallest absolute Gasteiger partial charge is 0.255 e. The summed E-state index contributed by atoms with van der Waals surface area (Å²) in [6, 6.07) is 16.6. The number of nitrogens with zero attached hydrogens (tertiary/aromatic N) is 4. The summed E-state index contributed by atoms with van der Waals surface area (Å²) >= 11 is 1.25. The number of aromatic nitrogens is 1. The lowest BCUT2D eigenvalue weighted by Crippen LogP contribution is -2.43. The van der Waals surface area contributed by atoms with Crippen LogP contribution in [0.1, 0.15) is 44.2 Å². The summed E-state index contributed by atoms with van der Waals surface area (Å²) in [7, 11) is 3.60. The molecule has 3 heterocycles. The Balaban J connectivity index is 1.21. The summed E-state index contributed by atoms with van der Waals surface area (Å²) in [5.41, 5.74) is 4.30. The lowest BCUT2D eigenvalue weighted by atomic mass is 10.0. The Morgan fingerprint density at radius 1 is 1.05 bits per heavy atom. The normalized spacial score (nSPS) is 15.8. The van der Waals surface area contributed by atoms with Crippen LogP contribution in [0.25, 0.3) is 0 Å². The number of fused-ring (bicyclic) bond motifs is 1. The van der Waals surface area contributed by atoms with Crippen molar-refractivity contribution < 1.29 is 18.7 Å². The Morgan fingerprint density at radius 3 is 2.52 bits per heavy atom. The van der Waals surface area contributed by atoms with E-state index in [0.29, 0.717) is 22.0 Å². The molecular weight excluding hydrogens is 577 g/mol. The van der Waals surface area contributed by atoms with Crippen molar-refractivity contribution in [2.45, 2.75) is 19.1 Å². The first-order chi connectivity index (χ1) is 21.4. The molecule has 0 spiro atoms. The second-order valence-corrected chi connectivity index (χ2v) is 11.8. The number of hydrogen-bond donors (Lipinski definition) is 1. The number of anilines is 1. The monoisotopic (exact) mass is 609 g/mol. The molecule has 1 N–H and O–H groups in total. The summed E-state index contributed by atoms with van der Waals surface area (Å²) in [6.45, 7) is 5.41. The van der Waals surface area contributed by atoms with E-state index in [9.17, 15) is 14.0 Å². The molecular formula is C34H32FN5O3S. The average Bonchev–Trinajstić information content (AvgIpc) is 3.66. The third-order valence-corrected chi connectivity index (χ3v) is 8.65. The first kappa shape index (κ1) is 29.5. The molecule has 1 atom stereocenters. The van der Waals surface area contributed by atoms with Crippen molar-refractivity contribution >= 4 is 28.3 Å². The van der Waals surface area contributed by atoms with E-state index in [2.05, 4.69) is 51.1 Å². The van der Waals surface area contributed by atoms with Gasteiger partial charge >= 0.3 is 0 Å². The minimum Gasteiger partial charge on any atom is -0.496 e. The number of thiazole rings is 1. The van der Waals surface area contributed by atoms with Gasteiger partial charge in [-0.25, -0.2) is 9.37 Å². The van der Waals surface area contributed by atoms with Crippen LogP contribution in [0.2, 0.25) is 0 Å². The van der Waals surface area contributed by atoms with Crippen LogP contribution in [0.5, 0.6) is 5.75 Å². The highest BCUT2D eigenvalue weighted by molar-refractivity contribution is 7.13. The average molecular weight is 610 g/mol. The standard InChI is InChI=1S/C34H32FN5O3S/c1-38-14-16-39(17-15-38)21-25-7-4-23(5-8-25)3-6-24-9-10-26-22-40(33(42)28(26)19-24)31(32(41)37-34-36-13-18-44-34)29-20-27(35)11-12-30(29)43-2/h4-5,7-13,18-20,31H,14-17,21-22H2,1-2H3,(H,36,37,41)/t31-/m1/s1. The van der Waals surface area contributed by atoms with Gasteiger partial charge in [0.05, 0.1) is 7.11 Å². The molecule has 1 saturated heterocycles. The third-order valence-electron chi connectivity index (χ3n) is 7.96. The van der Waals surface area contributed by atoms with Crippen molar-refractivity contribution in [1.82, 2.24) is 19.7 Å². The Hall–Kier alpha value is -4.56. The van der Waals surface area contributed by atoms with E-state index in [1.807, 2.05) is 24.3 Å². The molecule has 10 heteroatoms. The van der Waals surface area contributed by atoms with Crippen LogP contribution in [0.3, 0.4) is 0 Å². The molecule has 8 nitrogen and oxygen atoms in total. The molecule has 0 saturated carbocycles. The summed E-state index contributed by atoms with van der Waals surface area (Å²) in [4.78, 5) is 37.8. The number of carbonyl (C=O) groups excluding carboxylic acids is 2. The highest BCUT2D eigenvalue weighted by Crippen LogP contribution is 2.37. The SMILES string of the molecule is COc1ccc(F)cc1[C@H](C(=O)Nc1nccs1)N1Cc2ccc(C#Cc3ccc(CN4CCN(C)CC4)cc3)cc2C1=O. The number of ether oxygens (including phenoxy) is 1. The molecule has 224 valence electrons. The maximum atomic E-state index is 14.4. The van der Waals surface area contributed by atoms with Crippen LogP contribution >= 0.6 is 11.3 Å². The van der Waals surface area contributed by atoms with Crippen LogP contribution in [-0.2, 0) is 17.9 Å². The number of rotatable bonds is 7. The molecule has 1 aromatic heterocycles. The Bertz CT molecular complexity index is 1720. The number of methoxy groups -OCH3 is 1. The number of benzene rings is 3. The molecule has 0 radical (unpaired) electrons. The van der Waals surface area contributed by atoms with Gasteiger partial charge in [0, 0.05) is 73.1 Å². The zero-order valence-electron chi connectivity index (χ0n) is 24.5. The Morgan fingerprint density at radius 2 is 1.80 bits per heavy atom. The van der Waals surface area contributed by atoms with Gasteiger partial charge in [-0.05, 0) is 60.6 Å². The number of likely N-dealkylation sites (N-methyl/N-ethyl adjacent to an activating group) is 1. The van der Waals surface area contributed by atoms with Crippen LogP contribution in [0.4, 0.5) is 9.52 Å². The Kier molecular flexibility index (Phi) is 8.70. The van der Waals surface area contributed by atoms with E-state index >= 15 is 0 Å². The van der Waals surface area contributed by atoms with Gasteiger partial charge in [0.25, 0.3) is 11.8 Å². The van der Waals surface area contributed by atoms with Gasteiger partial charge in [0.1, 0.15) is 17.6 Å². The number of carbonyl (C=O) groups is 2. The van der Waals surface area contributed by atoms with Gasteiger partial charge in [-0.2, -0.15) is 0 Å². The number of nitrogens with one attached hydrogen (secondary N) is 1. The minimum absolute atomic E-state index is 0.173. The van der Waals surface area contributed by atoms with E-state index in [-0.39, 0.29) is 18.0 Å². The van der Waals surface area contributed by atoms with Crippen LogP contribution in [-0.4, -0.2) is 71.8 Å². The molecule has 44 heavy (non-hydrogen) atoms. The van der Waals surface area contributed by atoms with Crippen molar-refractivity contribution in [3.8, 4) is 17.6 Å². The summed E-state index contributed by atoms with van der Waals surface area (Å²) in [5, 5.41) is 4.87. The van der Waals surface area contributed by atoms with Gasteiger partial charge in [-0.3, -0.25) is 19.8 Å². The molecule has 0 aliphatic carbocycles. The molecule has 6 rings (SSSR count). The van der Waals surface area contributed by atoms with Crippen LogP contribution < -0.4 is 10.1 Å². The molecule has 0 bridgehead atoms. The molecule has 3 aromatic carbocycles. The molecule has 2 amide bonds. The number of halogens is 1. The molecule has 2 aliphatic heterocycles. The summed E-state index contributed by atoms with van der Waals surface area (Å²) in [5.74, 6) is 5.29. The van der Waals surface area contributed by atoms with Gasteiger partial charge in [0.15, 0.2) is 5.13 Å². The van der Waals surface area contributed by atoms with Gasteiger partial charge in [-0.1, -0.05) is 30.0 Å². The van der Waals surface area contributed by atoms with E-state index in [0.717, 1.165) is 43.9 Å². The molecule has 2 aliphatic rings. The first-order valence-corrected chi connectivity index (χ1v) is 15.3. The van der Waals surface area contributed by atoms with Crippen LogP contribution in [0.15, 0.2) is 72.2 Å². The molecule has 1 fully saturated rings. The minimum atomic E-state index is -1.15. The van der Waals surface area contributed by atoms with Crippen molar-refractivity contribution in [3.63, 3.8) is 0 Å². The highest BCUT2D eigenvalue weighted by Gasteiger charge is 2.39. The zero-order valence-corrected chi connectivity index (χ0v) is 25.4. The summed E-state index contributed by atoms with van der Waals surface area (Å²) in [6.07, 6.45) is 1.57.